The van der Waals surface area contributed by atoms with E-state index in [0.717, 1.165) is 61.5 Å². The Morgan fingerprint density at radius 3 is 2.18 bits per heavy atom. The highest BCUT2D eigenvalue weighted by molar-refractivity contribution is 6.15. The predicted octanol–water partition coefficient (Wildman–Crippen LogP) is 11.4. The van der Waals surface area contributed by atoms with Gasteiger partial charge < -0.3 is 4.57 Å². The highest BCUT2D eigenvalue weighted by Crippen LogP contribution is 2.56. The third kappa shape index (κ3) is 4.50. The van der Waals surface area contributed by atoms with Crippen LogP contribution in [0, 0.1) is 0 Å². The van der Waals surface area contributed by atoms with Gasteiger partial charge in [0.2, 0.25) is 0 Å². The van der Waals surface area contributed by atoms with Gasteiger partial charge in [-0.3, -0.25) is 9.88 Å². The van der Waals surface area contributed by atoms with Crippen molar-refractivity contribution in [2.24, 2.45) is 0 Å². The lowest BCUT2D eigenvalue weighted by Crippen LogP contribution is -2.31. The summed E-state index contributed by atoms with van der Waals surface area (Å²) in [4.78, 5) is 11.6. The van der Waals surface area contributed by atoms with Crippen LogP contribution in [0.1, 0.15) is 42.3 Å². The van der Waals surface area contributed by atoms with E-state index in [4.69, 9.17) is 4.98 Å². The average Bonchev–Trinajstić information content (AvgIpc) is 3.50. The van der Waals surface area contributed by atoms with E-state index < -0.39 is 11.6 Å². The summed E-state index contributed by atoms with van der Waals surface area (Å²) in [6.07, 6.45) is 2.15. The Morgan fingerprint density at radius 2 is 1.39 bits per heavy atom. The number of anilines is 3. The Morgan fingerprint density at radius 1 is 0.653 bits per heavy atom. The van der Waals surface area contributed by atoms with Crippen LogP contribution in [0.25, 0.3) is 38.8 Å². The maximum atomic E-state index is 17.8. The molecule has 0 amide bonds. The molecule has 49 heavy (non-hydrogen) atoms. The Labute approximate surface area is 284 Å². The molecule has 0 aliphatic carbocycles. The van der Waals surface area contributed by atoms with E-state index in [-0.39, 0.29) is 0 Å². The first kappa shape index (κ1) is 29.1. The number of alkyl halides is 1. The number of para-hydroxylation sites is 3. The van der Waals surface area contributed by atoms with Crippen LogP contribution in [0.5, 0.6) is 0 Å². The number of fused-ring (bicyclic) bond motifs is 6. The molecular formula is C44H33FN4. The second kappa shape index (κ2) is 11.3. The molecule has 1 aliphatic heterocycles. The van der Waals surface area contributed by atoms with E-state index in [0.29, 0.717) is 11.1 Å². The van der Waals surface area contributed by atoms with Gasteiger partial charge in [-0.1, -0.05) is 98.8 Å². The minimum absolute atomic E-state index is 0.412. The normalized spacial score (nSPS) is 14.1. The first-order valence-electron chi connectivity index (χ1n) is 16.6. The molecule has 4 heterocycles. The first-order chi connectivity index (χ1) is 24.0. The van der Waals surface area contributed by atoms with E-state index >= 15 is 4.39 Å². The maximum absolute atomic E-state index is 17.8. The molecular weight excluding hydrogens is 604 g/mol. The molecule has 0 fully saturated rings. The molecule has 0 saturated heterocycles. The summed E-state index contributed by atoms with van der Waals surface area (Å²) >= 11 is 0. The van der Waals surface area contributed by atoms with Crippen molar-refractivity contribution in [3.63, 3.8) is 0 Å². The van der Waals surface area contributed by atoms with Crippen molar-refractivity contribution in [1.82, 2.24) is 14.5 Å². The molecule has 236 valence electrons. The maximum Gasteiger partial charge on any atom is 0.152 e. The van der Waals surface area contributed by atoms with Crippen molar-refractivity contribution in [2.75, 3.05) is 4.90 Å². The summed E-state index contributed by atoms with van der Waals surface area (Å²) in [5.41, 5.74) is 9.67. The summed E-state index contributed by atoms with van der Waals surface area (Å²) < 4.78 is 20.1. The lowest BCUT2D eigenvalue weighted by molar-refractivity contribution is 0.404. The zero-order valence-corrected chi connectivity index (χ0v) is 27.3. The monoisotopic (exact) mass is 636 g/mol. The van der Waals surface area contributed by atoms with E-state index in [2.05, 4.69) is 95.0 Å². The smallest absolute Gasteiger partial charge is 0.152 e. The van der Waals surface area contributed by atoms with Crippen LogP contribution in [0.4, 0.5) is 21.6 Å². The number of pyridine rings is 2. The Kier molecular flexibility index (Phi) is 6.70. The van der Waals surface area contributed by atoms with Crippen molar-refractivity contribution in [3.05, 3.63) is 180 Å². The van der Waals surface area contributed by atoms with Crippen molar-refractivity contribution in [2.45, 2.75) is 25.4 Å². The van der Waals surface area contributed by atoms with Crippen LogP contribution in [0.3, 0.4) is 0 Å². The van der Waals surface area contributed by atoms with E-state index in [1.807, 2.05) is 85.1 Å². The molecule has 0 radical (unpaired) electrons. The fourth-order valence-corrected chi connectivity index (χ4v) is 7.79. The summed E-state index contributed by atoms with van der Waals surface area (Å²) in [5.74, 6) is 0.788. The van der Waals surface area contributed by atoms with Crippen LogP contribution < -0.4 is 4.90 Å². The minimum atomic E-state index is -1.44. The van der Waals surface area contributed by atoms with Gasteiger partial charge in [0.05, 0.1) is 28.1 Å². The number of hydrogen-bond acceptors (Lipinski definition) is 3. The molecule has 3 aromatic heterocycles. The second-order valence-corrected chi connectivity index (χ2v) is 13.1. The minimum Gasteiger partial charge on any atom is -0.309 e. The Bertz CT molecular complexity index is 2490. The highest BCUT2D eigenvalue weighted by atomic mass is 19.1. The van der Waals surface area contributed by atoms with Crippen LogP contribution in [-0.4, -0.2) is 14.5 Å². The number of nitrogens with zero attached hydrogens (tertiary/aromatic N) is 4. The van der Waals surface area contributed by atoms with Crippen molar-refractivity contribution < 1.29 is 4.39 Å². The molecule has 1 unspecified atom stereocenters. The summed E-state index contributed by atoms with van der Waals surface area (Å²) in [6.45, 7) is 4.58. The third-order valence-corrected chi connectivity index (χ3v) is 9.94. The fourth-order valence-electron chi connectivity index (χ4n) is 7.79. The van der Waals surface area contributed by atoms with E-state index in [1.165, 1.54) is 5.56 Å². The molecule has 0 bridgehead atoms. The van der Waals surface area contributed by atoms with Gasteiger partial charge >= 0.3 is 0 Å². The number of benzene rings is 5. The largest absolute Gasteiger partial charge is 0.309 e. The average molecular weight is 637 g/mol. The number of aromatic nitrogens is 3. The highest BCUT2D eigenvalue weighted by Gasteiger charge is 2.41. The van der Waals surface area contributed by atoms with Gasteiger partial charge in [-0.15, -0.1) is 0 Å². The third-order valence-electron chi connectivity index (χ3n) is 9.94. The molecule has 0 saturated carbocycles. The van der Waals surface area contributed by atoms with E-state index in [1.54, 1.807) is 6.20 Å². The molecule has 0 spiro atoms. The molecule has 4 nitrogen and oxygen atoms in total. The lowest BCUT2D eigenvalue weighted by Gasteiger charge is -2.42. The molecule has 5 aromatic carbocycles. The fraction of sp³-hybridized carbons (Fsp3) is 0.0909. The standard InChI is InChI=1S/C44H33FN4/c1-44(2)34-20-7-9-23-37(34)49(39-24-11-13-26-47-39)38-28-33(42(45)30-16-14-15-29(27-30)35-21-10-12-25-46-35)43-40(41(38)44)32-19-6-8-22-36(32)48(43)31-17-4-3-5-18-31/h3-28,42H,1-2H3. The SMILES string of the molecule is CC1(C)c2ccccc2N(c2ccccn2)c2cc(C(F)c3cccc(-c4ccccn4)c3)c3c(c21)c1ccccc1n3-c1ccccc1. The van der Waals surface area contributed by atoms with Gasteiger partial charge in [-0.2, -0.15) is 0 Å². The molecule has 9 rings (SSSR count). The Balaban J connectivity index is 1.43. The molecule has 1 atom stereocenters. The topological polar surface area (TPSA) is 34.0 Å². The summed E-state index contributed by atoms with van der Waals surface area (Å²) in [7, 11) is 0. The molecule has 0 N–H and O–H groups in total. The van der Waals surface area contributed by atoms with Gasteiger partial charge in [0, 0.05) is 45.4 Å². The summed E-state index contributed by atoms with van der Waals surface area (Å²) in [5, 5.41) is 2.14. The first-order valence-corrected chi connectivity index (χ1v) is 16.6. The van der Waals surface area contributed by atoms with Gasteiger partial charge in [-0.05, 0) is 77.4 Å². The van der Waals surface area contributed by atoms with Gasteiger partial charge in [-0.25, -0.2) is 9.37 Å². The van der Waals surface area contributed by atoms with Crippen molar-refractivity contribution in [3.8, 4) is 16.9 Å². The quantitative estimate of drug-likeness (QED) is 0.188. The number of halogens is 1. The van der Waals surface area contributed by atoms with Gasteiger partial charge in [0.15, 0.2) is 6.17 Å². The van der Waals surface area contributed by atoms with Crippen LogP contribution in [0.15, 0.2) is 158 Å². The zero-order valence-electron chi connectivity index (χ0n) is 27.3. The van der Waals surface area contributed by atoms with Crippen LogP contribution >= 0.6 is 0 Å². The van der Waals surface area contributed by atoms with Crippen LogP contribution in [-0.2, 0) is 5.41 Å². The molecule has 8 aromatic rings. The number of rotatable bonds is 5. The van der Waals surface area contributed by atoms with Gasteiger partial charge in [0.1, 0.15) is 5.82 Å². The second-order valence-electron chi connectivity index (χ2n) is 13.1. The zero-order chi connectivity index (χ0) is 33.1. The Hall–Kier alpha value is -6.07. The van der Waals surface area contributed by atoms with Crippen LogP contribution in [0.2, 0.25) is 0 Å². The number of hydrogen-bond donors (Lipinski definition) is 0. The predicted molar refractivity (Wildman–Crippen MR) is 198 cm³/mol. The molecule has 5 heteroatoms. The van der Waals surface area contributed by atoms with Crippen molar-refractivity contribution in [1.29, 1.82) is 0 Å². The molecule has 1 aliphatic rings. The summed E-state index contributed by atoms with van der Waals surface area (Å²) in [6, 6.07) is 48.9. The van der Waals surface area contributed by atoms with Crippen molar-refractivity contribution >= 4 is 39.0 Å². The van der Waals surface area contributed by atoms with E-state index in [9.17, 15) is 0 Å². The lowest BCUT2D eigenvalue weighted by atomic mass is 9.71. The van der Waals surface area contributed by atoms with Gasteiger partial charge in [0.25, 0.3) is 0 Å².